The van der Waals surface area contributed by atoms with E-state index < -0.39 is 0 Å². The summed E-state index contributed by atoms with van der Waals surface area (Å²) < 4.78 is 15.4. The van der Waals surface area contributed by atoms with Crippen molar-refractivity contribution in [1.82, 2.24) is 14.8 Å². The SMILES string of the molecule is CC(C)(C)Cn1ccc(-c2ccncc2F)n1. The van der Waals surface area contributed by atoms with E-state index in [1.165, 1.54) is 6.20 Å². The quantitative estimate of drug-likeness (QED) is 0.797. The van der Waals surface area contributed by atoms with Crippen LogP contribution < -0.4 is 0 Å². The van der Waals surface area contributed by atoms with E-state index in [0.29, 0.717) is 11.3 Å². The Hall–Kier alpha value is -1.71. The van der Waals surface area contributed by atoms with Crippen molar-refractivity contribution in [1.29, 1.82) is 0 Å². The predicted molar refractivity (Wildman–Crippen MR) is 64.9 cm³/mol. The minimum atomic E-state index is -0.339. The number of nitrogens with zero attached hydrogens (tertiary/aromatic N) is 3. The Labute approximate surface area is 100 Å². The van der Waals surface area contributed by atoms with Crippen LogP contribution >= 0.6 is 0 Å². The molecule has 0 fully saturated rings. The summed E-state index contributed by atoms with van der Waals surface area (Å²) in [5, 5.41) is 4.38. The van der Waals surface area contributed by atoms with Crippen LogP contribution in [0.1, 0.15) is 20.8 Å². The summed E-state index contributed by atoms with van der Waals surface area (Å²) in [5.74, 6) is -0.339. The van der Waals surface area contributed by atoms with Gasteiger partial charge in [0.1, 0.15) is 0 Å². The number of pyridine rings is 1. The molecule has 0 spiro atoms. The fourth-order valence-electron chi connectivity index (χ4n) is 1.66. The summed E-state index contributed by atoms with van der Waals surface area (Å²) in [6, 6.07) is 3.46. The standard InChI is InChI=1S/C13H16FN3/c1-13(2,3)9-17-7-5-12(16-17)10-4-6-15-8-11(10)14/h4-8H,9H2,1-3H3. The fraction of sp³-hybridized carbons (Fsp3) is 0.385. The Kier molecular flexibility index (Phi) is 2.96. The van der Waals surface area contributed by atoms with Crippen LogP contribution in [0.2, 0.25) is 0 Å². The maximum atomic E-state index is 13.5. The number of halogens is 1. The first-order chi connectivity index (χ1) is 7.96. The summed E-state index contributed by atoms with van der Waals surface area (Å²) in [6.45, 7) is 7.23. The highest BCUT2D eigenvalue weighted by atomic mass is 19.1. The molecule has 0 atom stereocenters. The second kappa shape index (κ2) is 4.28. The van der Waals surface area contributed by atoms with Crippen LogP contribution in [0.5, 0.6) is 0 Å². The lowest BCUT2D eigenvalue weighted by molar-refractivity contribution is 0.326. The van der Waals surface area contributed by atoms with Gasteiger partial charge in [-0.2, -0.15) is 5.10 Å². The van der Waals surface area contributed by atoms with E-state index in [1.807, 2.05) is 16.9 Å². The highest BCUT2D eigenvalue weighted by molar-refractivity contribution is 5.58. The summed E-state index contributed by atoms with van der Waals surface area (Å²) in [7, 11) is 0. The van der Waals surface area contributed by atoms with Gasteiger partial charge < -0.3 is 0 Å². The largest absolute Gasteiger partial charge is 0.272 e. The molecule has 0 saturated heterocycles. The Morgan fingerprint density at radius 2 is 2.06 bits per heavy atom. The smallest absolute Gasteiger partial charge is 0.150 e. The third kappa shape index (κ3) is 2.90. The molecule has 2 heterocycles. The zero-order valence-electron chi connectivity index (χ0n) is 10.3. The topological polar surface area (TPSA) is 30.7 Å². The molecule has 3 nitrogen and oxygen atoms in total. The van der Waals surface area contributed by atoms with Crippen LogP contribution in [0.25, 0.3) is 11.3 Å². The fourth-order valence-corrected chi connectivity index (χ4v) is 1.66. The van der Waals surface area contributed by atoms with Crippen LogP contribution in [-0.4, -0.2) is 14.8 Å². The van der Waals surface area contributed by atoms with Gasteiger partial charge in [0.05, 0.1) is 11.9 Å². The zero-order chi connectivity index (χ0) is 12.5. The molecule has 0 amide bonds. The van der Waals surface area contributed by atoms with Crippen molar-refractivity contribution in [2.24, 2.45) is 5.41 Å². The second-order valence-electron chi connectivity index (χ2n) is 5.31. The molecule has 0 N–H and O–H groups in total. The monoisotopic (exact) mass is 233 g/mol. The van der Waals surface area contributed by atoms with Crippen molar-refractivity contribution in [2.45, 2.75) is 27.3 Å². The van der Waals surface area contributed by atoms with E-state index in [1.54, 1.807) is 12.3 Å². The van der Waals surface area contributed by atoms with Crippen molar-refractivity contribution < 1.29 is 4.39 Å². The van der Waals surface area contributed by atoms with Gasteiger partial charge in [-0.1, -0.05) is 20.8 Å². The van der Waals surface area contributed by atoms with Gasteiger partial charge in [-0.25, -0.2) is 4.39 Å². The van der Waals surface area contributed by atoms with Crippen LogP contribution in [-0.2, 0) is 6.54 Å². The van der Waals surface area contributed by atoms with E-state index in [2.05, 4.69) is 30.9 Å². The van der Waals surface area contributed by atoms with Crippen LogP contribution in [0.15, 0.2) is 30.7 Å². The van der Waals surface area contributed by atoms with Gasteiger partial charge in [0.15, 0.2) is 5.82 Å². The molecular weight excluding hydrogens is 217 g/mol. The molecule has 0 aliphatic rings. The Bertz CT molecular complexity index is 511. The molecule has 0 aromatic carbocycles. The normalized spacial score (nSPS) is 11.8. The predicted octanol–water partition coefficient (Wildman–Crippen LogP) is 3.13. The van der Waals surface area contributed by atoms with E-state index >= 15 is 0 Å². The molecule has 90 valence electrons. The first-order valence-corrected chi connectivity index (χ1v) is 5.59. The molecule has 2 rings (SSSR count). The Morgan fingerprint density at radius 3 is 2.71 bits per heavy atom. The zero-order valence-corrected chi connectivity index (χ0v) is 10.3. The lowest BCUT2D eigenvalue weighted by Gasteiger charge is -2.17. The molecule has 17 heavy (non-hydrogen) atoms. The van der Waals surface area contributed by atoms with Crippen molar-refractivity contribution in [3.05, 3.63) is 36.5 Å². The molecule has 2 aromatic heterocycles. The van der Waals surface area contributed by atoms with Crippen LogP contribution in [0, 0.1) is 11.2 Å². The lowest BCUT2D eigenvalue weighted by Crippen LogP contribution is -2.15. The minimum Gasteiger partial charge on any atom is -0.272 e. The Morgan fingerprint density at radius 1 is 1.29 bits per heavy atom. The van der Waals surface area contributed by atoms with Gasteiger partial charge in [-0.3, -0.25) is 9.67 Å². The molecule has 0 aliphatic carbocycles. The average molecular weight is 233 g/mol. The lowest BCUT2D eigenvalue weighted by atomic mass is 9.97. The van der Waals surface area contributed by atoms with E-state index in [-0.39, 0.29) is 11.2 Å². The Balaban J connectivity index is 2.28. The summed E-state index contributed by atoms with van der Waals surface area (Å²) in [4.78, 5) is 3.73. The molecule has 0 saturated carbocycles. The molecule has 4 heteroatoms. The molecule has 0 aliphatic heterocycles. The maximum absolute atomic E-state index is 13.5. The number of rotatable bonds is 2. The minimum absolute atomic E-state index is 0.153. The van der Waals surface area contributed by atoms with Crippen molar-refractivity contribution in [2.75, 3.05) is 0 Å². The molecule has 2 aromatic rings. The first-order valence-electron chi connectivity index (χ1n) is 5.59. The van der Waals surface area contributed by atoms with Crippen LogP contribution in [0.4, 0.5) is 4.39 Å². The second-order valence-corrected chi connectivity index (χ2v) is 5.31. The highest BCUT2D eigenvalue weighted by Gasteiger charge is 2.13. The third-order valence-electron chi connectivity index (χ3n) is 2.33. The molecular formula is C13H16FN3. The number of hydrogen-bond donors (Lipinski definition) is 0. The van der Waals surface area contributed by atoms with Gasteiger partial charge >= 0.3 is 0 Å². The van der Waals surface area contributed by atoms with Crippen molar-refractivity contribution in [3.8, 4) is 11.3 Å². The number of hydrogen-bond acceptors (Lipinski definition) is 2. The van der Waals surface area contributed by atoms with E-state index in [0.717, 1.165) is 6.54 Å². The van der Waals surface area contributed by atoms with Gasteiger partial charge in [0.2, 0.25) is 0 Å². The van der Waals surface area contributed by atoms with Crippen LogP contribution in [0.3, 0.4) is 0 Å². The maximum Gasteiger partial charge on any atom is 0.150 e. The van der Waals surface area contributed by atoms with Crippen molar-refractivity contribution >= 4 is 0 Å². The highest BCUT2D eigenvalue weighted by Crippen LogP contribution is 2.21. The van der Waals surface area contributed by atoms with E-state index in [4.69, 9.17) is 0 Å². The molecule has 0 unspecified atom stereocenters. The molecule has 0 radical (unpaired) electrons. The summed E-state index contributed by atoms with van der Waals surface area (Å²) >= 11 is 0. The molecule has 0 bridgehead atoms. The number of aromatic nitrogens is 3. The van der Waals surface area contributed by atoms with Gasteiger partial charge in [0.25, 0.3) is 0 Å². The van der Waals surface area contributed by atoms with Gasteiger partial charge in [0, 0.05) is 24.5 Å². The van der Waals surface area contributed by atoms with Crippen molar-refractivity contribution in [3.63, 3.8) is 0 Å². The van der Waals surface area contributed by atoms with Gasteiger partial charge in [-0.15, -0.1) is 0 Å². The summed E-state index contributed by atoms with van der Waals surface area (Å²) in [6.07, 6.45) is 4.65. The third-order valence-corrected chi connectivity index (χ3v) is 2.33. The average Bonchev–Trinajstić information content (AvgIpc) is 2.64. The van der Waals surface area contributed by atoms with Gasteiger partial charge in [-0.05, 0) is 17.5 Å². The summed E-state index contributed by atoms with van der Waals surface area (Å²) in [5.41, 5.74) is 1.29. The van der Waals surface area contributed by atoms with E-state index in [9.17, 15) is 4.39 Å². The first kappa shape index (κ1) is 11.8.